The highest BCUT2D eigenvalue weighted by Crippen LogP contribution is 2.33. The number of carbonyl (C=O) groups excluding carboxylic acids is 1. The van der Waals surface area contributed by atoms with E-state index in [0.29, 0.717) is 6.07 Å². The van der Waals surface area contributed by atoms with Crippen molar-refractivity contribution in [2.45, 2.75) is 12.8 Å². The van der Waals surface area contributed by atoms with Crippen LogP contribution in [-0.4, -0.2) is 27.3 Å². The van der Waals surface area contributed by atoms with E-state index >= 15 is 0 Å². The molecule has 0 radical (unpaired) electrons. The Labute approximate surface area is 154 Å². The molecule has 11 heteroatoms. The fourth-order valence-corrected chi connectivity index (χ4v) is 2.39. The number of amides is 1. The standard InChI is InChI=1S/C17H11F5N4O2/c18-16(19)28-14-4-2-1-3-11(14)15(27)25-12-7-10(17(20,21)22)5-6-13(12)26-9-23-8-24-26/h1-9,16H,(H,25,27). The van der Waals surface area contributed by atoms with Gasteiger partial charge in [0.1, 0.15) is 18.4 Å². The Bertz CT molecular complexity index is 974. The highest BCUT2D eigenvalue weighted by atomic mass is 19.4. The molecule has 0 aliphatic heterocycles. The van der Waals surface area contributed by atoms with Crippen LogP contribution in [0, 0.1) is 0 Å². The van der Waals surface area contributed by atoms with Crippen molar-refractivity contribution >= 4 is 11.6 Å². The van der Waals surface area contributed by atoms with E-state index in [2.05, 4.69) is 20.1 Å². The number of halogens is 5. The third-order valence-electron chi connectivity index (χ3n) is 3.59. The first-order valence-corrected chi connectivity index (χ1v) is 7.67. The molecule has 6 nitrogen and oxygen atoms in total. The van der Waals surface area contributed by atoms with Gasteiger partial charge in [-0.25, -0.2) is 9.67 Å². The predicted molar refractivity (Wildman–Crippen MR) is 87.4 cm³/mol. The summed E-state index contributed by atoms with van der Waals surface area (Å²) in [5, 5.41) is 6.11. The van der Waals surface area contributed by atoms with Gasteiger partial charge < -0.3 is 10.1 Å². The molecule has 0 aliphatic carbocycles. The van der Waals surface area contributed by atoms with E-state index in [4.69, 9.17) is 0 Å². The molecule has 0 saturated heterocycles. The quantitative estimate of drug-likeness (QED) is 0.656. The molecule has 0 spiro atoms. The van der Waals surface area contributed by atoms with E-state index in [1.54, 1.807) is 0 Å². The van der Waals surface area contributed by atoms with Crippen LogP contribution < -0.4 is 10.1 Å². The second kappa shape index (κ2) is 7.62. The van der Waals surface area contributed by atoms with Crippen molar-refractivity contribution in [3.8, 4) is 11.4 Å². The van der Waals surface area contributed by atoms with E-state index in [0.717, 1.165) is 29.2 Å². The molecule has 2 aromatic carbocycles. The van der Waals surface area contributed by atoms with Crippen molar-refractivity contribution in [2.24, 2.45) is 0 Å². The van der Waals surface area contributed by atoms with E-state index < -0.39 is 30.0 Å². The molecule has 1 aromatic heterocycles. The van der Waals surface area contributed by atoms with Gasteiger partial charge in [0.2, 0.25) is 0 Å². The first-order chi connectivity index (χ1) is 13.3. The summed E-state index contributed by atoms with van der Waals surface area (Å²) in [7, 11) is 0. The summed E-state index contributed by atoms with van der Waals surface area (Å²) in [5.41, 5.74) is -1.42. The first kappa shape index (κ1) is 19.3. The Morgan fingerprint density at radius 3 is 2.54 bits per heavy atom. The van der Waals surface area contributed by atoms with E-state index in [9.17, 15) is 26.7 Å². The van der Waals surface area contributed by atoms with Gasteiger partial charge in [-0.1, -0.05) is 12.1 Å². The fraction of sp³-hybridized carbons (Fsp3) is 0.118. The minimum Gasteiger partial charge on any atom is -0.434 e. The number of carbonyl (C=O) groups is 1. The normalized spacial score (nSPS) is 11.5. The summed E-state index contributed by atoms with van der Waals surface area (Å²) < 4.78 is 69.7. The minimum atomic E-state index is -4.66. The molecule has 1 N–H and O–H groups in total. The maximum Gasteiger partial charge on any atom is 0.416 e. The second-order valence-corrected chi connectivity index (χ2v) is 5.40. The Morgan fingerprint density at radius 2 is 1.89 bits per heavy atom. The monoisotopic (exact) mass is 398 g/mol. The van der Waals surface area contributed by atoms with Gasteiger partial charge in [0.05, 0.1) is 22.5 Å². The van der Waals surface area contributed by atoms with Crippen molar-refractivity contribution in [3.05, 3.63) is 66.2 Å². The maximum absolute atomic E-state index is 13.1. The van der Waals surface area contributed by atoms with Gasteiger partial charge in [0.15, 0.2) is 0 Å². The molecule has 1 heterocycles. The summed E-state index contributed by atoms with van der Waals surface area (Å²) in [5.74, 6) is -1.35. The van der Waals surface area contributed by atoms with Crippen LogP contribution in [-0.2, 0) is 6.18 Å². The average molecular weight is 398 g/mol. The van der Waals surface area contributed by atoms with Crippen LogP contribution in [0.5, 0.6) is 5.75 Å². The number of rotatable bonds is 5. The molecule has 0 unspecified atom stereocenters. The van der Waals surface area contributed by atoms with Gasteiger partial charge in [0, 0.05) is 0 Å². The number of benzene rings is 2. The number of alkyl halides is 5. The van der Waals surface area contributed by atoms with Crippen LogP contribution in [0.1, 0.15) is 15.9 Å². The summed E-state index contributed by atoms with van der Waals surface area (Å²) in [6.07, 6.45) is -2.27. The molecule has 0 bridgehead atoms. The van der Waals surface area contributed by atoms with Crippen LogP contribution in [0.4, 0.5) is 27.6 Å². The van der Waals surface area contributed by atoms with Gasteiger partial charge in [-0.2, -0.15) is 27.1 Å². The average Bonchev–Trinajstić information content (AvgIpc) is 3.15. The molecule has 0 fully saturated rings. The van der Waals surface area contributed by atoms with Gasteiger partial charge in [-0.15, -0.1) is 0 Å². The molecular weight excluding hydrogens is 387 g/mol. The zero-order chi connectivity index (χ0) is 20.3. The molecule has 0 aliphatic rings. The van der Waals surface area contributed by atoms with E-state index in [1.807, 2.05) is 0 Å². The first-order valence-electron chi connectivity index (χ1n) is 7.67. The SMILES string of the molecule is O=C(Nc1cc(C(F)(F)F)ccc1-n1cncn1)c1ccccc1OC(F)F. The fourth-order valence-electron chi connectivity index (χ4n) is 2.39. The van der Waals surface area contributed by atoms with Crippen molar-refractivity contribution in [1.29, 1.82) is 0 Å². The van der Waals surface area contributed by atoms with Gasteiger partial charge in [0.25, 0.3) is 5.91 Å². The summed E-state index contributed by atoms with van der Waals surface area (Å²) >= 11 is 0. The number of nitrogens with one attached hydrogen (secondary N) is 1. The Balaban J connectivity index is 2.00. The predicted octanol–water partition coefficient (Wildman–Crippen LogP) is 4.14. The second-order valence-electron chi connectivity index (χ2n) is 5.40. The number of nitrogens with zero attached hydrogens (tertiary/aromatic N) is 3. The number of para-hydroxylation sites is 1. The lowest BCUT2D eigenvalue weighted by Crippen LogP contribution is -2.17. The minimum absolute atomic E-state index is 0.103. The highest BCUT2D eigenvalue weighted by molar-refractivity contribution is 6.07. The summed E-state index contributed by atoms with van der Waals surface area (Å²) in [6, 6.07) is 7.76. The van der Waals surface area contributed by atoms with Crippen LogP contribution in [0.2, 0.25) is 0 Å². The highest BCUT2D eigenvalue weighted by Gasteiger charge is 2.31. The van der Waals surface area contributed by atoms with Crippen molar-refractivity contribution in [1.82, 2.24) is 14.8 Å². The zero-order valence-electron chi connectivity index (χ0n) is 13.8. The smallest absolute Gasteiger partial charge is 0.416 e. The van der Waals surface area contributed by atoms with Gasteiger partial charge in [-0.05, 0) is 30.3 Å². The lowest BCUT2D eigenvalue weighted by molar-refractivity contribution is -0.137. The lowest BCUT2D eigenvalue weighted by atomic mass is 10.1. The molecule has 0 atom stereocenters. The Hall–Kier alpha value is -3.50. The van der Waals surface area contributed by atoms with Crippen LogP contribution in [0.15, 0.2) is 55.1 Å². The Morgan fingerprint density at radius 1 is 1.14 bits per heavy atom. The number of ether oxygens (including phenoxy) is 1. The largest absolute Gasteiger partial charge is 0.434 e. The molecule has 0 saturated carbocycles. The molecule has 3 rings (SSSR count). The van der Waals surface area contributed by atoms with Crippen molar-refractivity contribution in [3.63, 3.8) is 0 Å². The summed E-state index contributed by atoms with van der Waals surface area (Å²) in [6.45, 7) is -3.17. The molecular formula is C17H11F5N4O2. The number of hydrogen-bond donors (Lipinski definition) is 1. The van der Waals surface area contributed by atoms with E-state index in [1.165, 1.54) is 24.5 Å². The van der Waals surface area contributed by atoms with Crippen LogP contribution in [0.25, 0.3) is 5.69 Å². The third-order valence-corrected chi connectivity index (χ3v) is 3.59. The molecule has 3 aromatic rings. The maximum atomic E-state index is 13.1. The van der Waals surface area contributed by atoms with Crippen molar-refractivity contribution in [2.75, 3.05) is 5.32 Å². The summed E-state index contributed by atoms with van der Waals surface area (Å²) in [4.78, 5) is 16.2. The number of hydrogen-bond acceptors (Lipinski definition) is 4. The van der Waals surface area contributed by atoms with Gasteiger partial charge in [-0.3, -0.25) is 4.79 Å². The topological polar surface area (TPSA) is 69.0 Å². The van der Waals surface area contributed by atoms with Crippen LogP contribution >= 0.6 is 0 Å². The van der Waals surface area contributed by atoms with Crippen LogP contribution in [0.3, 0.4) is 0 Å². The number of aromatic nitrogens is 3. The molecule has 28 heavy (non-hydrogen) atoms. The van der Waals surface area contributed by atoms with E-state index in [-0.39, 0.29) is 16.9 Å². The van der Waals surface area contributed by atoms with Gasteiger partial charge >= 0.3 is 12.8 Å². The Kier molecular flexibility index (Phi) is 5.25. The zero-order valence-corrected chi connectivity index (χ0v) is 13.8. The van der Waals surface area contributed by atoms with Crippen molar-refractivity contribution < 1.29 is 31.5 Å². The lowest BCUT2D eigenvalue weighted by Gasteiger charge is -2.15. The molecule has 1 amide bonds. The number of anilines is 1. The molecule has 146 valence electrons. The third kappa shape index (κ3) is 4.24.